The quantitative estimate of drug-likeness (QED) is 0.894. The van der Waals surface area contributed by atoms with Crippen LogP contribution in [0.2, 0.25) is 0 Å². The third-order valence-electron chi connectivity index (χ3n) is 2.93. The van der Waals surface area contributed by atoms with E-state index in [0.717, 1.165) is 42.0 Å². The Labute approximate surface area is 113 Å². The van der Waals surface area contributed by atoms with Gasteiger partial charge in [-0.15, -0.1) is 0 Å². The molecular weight excluding hydrogens is 238 g/mol. The Kier molecular flexibility index (Phi) is 4.34. The van der Waals surface area contributed by atoms with Gasteiger partial charge in [-0.1, -0.05) is 13.8 Å². The molecule has 0 saturated heterocycles. The molecule has 0 radical (unpaired) electrons. The van der Waals surface area contributed by atoms with E-state index in [9.17, 15) is 0 Å². The van der Waals surface area contributed by atoms with Crippen LogP contribution in [-0.2, 0) is 6.42 Å². The van der Waals surface area contributed by atoms with Crippen molar-refractivity contribution in [2.45, 2.75) is 26.7 Å². The van der Waals surface area contributed by atoms with E-state index < -0.39 is 0 Å². The van der Waals surface area contributed by atoms with Gasteiger partial charge in [-0.05, 0) is 37.1 Å². The Morgan fingerprint density at radius 1 is 1.11 bits per heavy atom. The number of nitrogens with two attached hydrogens (primary N) is 1. The Bertz CT molecular complexity index is 538. The number of rotatable bonds is 5. The summed E-state index contributed by atoms with van der Waals surface area (Å²) in [6, 6.07) is 7.93. The van der Waals surface area contributed by atoms with Crippen LogP contribution in [0.25, 0.3) is 11.3 Å². The van der Waals surface area contributed by atoms with E-state index in [1.165, 1.54) is 6.33 Å². The smallest absolute Gasteiger partial charge is 0.130 e. The maximum Gasteiger partial charge on any atom is 0.130 e. The summed E-state index contributed by atoms with van der Waals surface area (Å²) in [6.07, 6.45) is 3.32. The molecule has 0 spiro atoms. The predicted molar refractivity (Wildman–Crippen MR) is 77.0 cm³/mol. The highest BCUT2D eigenvalue weighted by atomic mass is 16.5. The van der Waals surface area contributed by atoms with Crippen molar-refractivity contribution in [2.24, 2.45) is 0 Å². The third kappa shape index (κ3) is 3.02. The van der Waals surface area contributed by atoms with Gasteiger partial charge in [0.05, 0.1) is 12.3 Å². The lowest BCUT2D eigenvalue weighted by Gasteiger charge is -2.10. The van der Waals surface area contributed by atoms with Crippen LogP contribution >= 0.6 is 0 Å². The molecule has 0 unspecified atom stereocenters. The van der Waals surface area contributed by atoms with Crippen molar-refractivity contribution < 1.29 is 4.74 Å². The van der Waals surface area contributed by atoms with E-state index in [-0.39, 0.29) is 0 Å². The van der Waals surface area contributed by atoms with Crippen molar-refractivity contribution in [2.75, 3.05) is 12.3 Å². The van der Waals surface area contributed by atoms with Crippen molar-refractivity contribution in [3.63, 3.8) is 0 Å². The number of nitrogens with zero attached hydrogens (tertiary/aromatic N) is 2. The van der Waals surface area contributed by atoms with Crippen LogP contribution < -0.4 is 10.5 Å². The molecule has 1 aromatic carbocycles. The number of ether oxygens (including phenoxy) is 1. The van der Waals surface area contributed by atoms with Crippen LogP contribution in [0.1, 0.15) is 25.8 Å². The Morgan fingerprint density at radius 3 is 2.47 bits per heavy atom. The van der Waals surface area contributed by atoms with E-state index in [2.05, 4.69) is 23.8 Å². The van der Waals surface area contributed by atoms with Crippen LogP contribution in [0.15, 0.2) is 30.6 Å². The van der Waals surface area contributed by atoms with Crippen LogP contribution in [-0.4, -0.2) is 16.6 Å². The van der Waals surface area contributed by atoms with Crippen LogP contribution in [0, 0.1) is 0 Å². The van der Waals surface area contributed by atoms with Crippen molar-refractivity contribution >= 4 is 5.82 Å². The molecular formula is C15H19N3O. The minimum absolute atomic E-state index is 0.554. The fourth-order valence-electron chi connectivity index (χ4n) is 1.95. The molecule has 2 N–H and O–H groups in total. The Balaban J connectivity index is 2.29. The first-order valence-electron chi connectivity index (χ1n) is 6.58. The number of nitrogen functional groups attached to an aromatic ring is 1. The van der Waals surface area contributed by atoms with Crippen molar-refractivity contribution in [1.29, 1.82) is 0 Å². The zero-order chi connectivity index (χ0) is 13.7. The number of benzene rings is 1. The van der Waals surface area contributed by atoms with Gasteiger partial charge in [-0.25, -0.2) is 9.97 Å². The average Bonchev–Trinajstić information content (AvgIpc) is 2.45. The van der Waals surface area contributed by atoms with Crippen LogP contribution in [0.4, 0.5) is 5.82 Å². The predicted octanol–water partition coefficient (Wildman–Crippen LogP) is 3.08. The zero-order valence-electron chi connectivity index (χ0n) is 11.4. The van der Waals surface area contributed by atoms with Gasteiger partial charge >= 0.3 is 0 Å². The van der Waals surface area contributed by atoms with E-state index >= 15 is 0 Å². The van der Waals surface area contributed by atoms with Gasteiger partial charge in [-0.2, -0.15) is 0 Å². The standard InChI is InChI=1S/C15H19N3O/c1-3-9-19-12-7-5-11(6-8-12)14-13(4-2)15(16)18-10-17-14/h5-8,10H,3-4,9H2,1-2H3,(H2,16,17,18). The van der Waals surface area contributed by atoms with E-state index in [1.807, 2.05) is 24.3 Å². The molecule has 4 nitrogen and oxygen atoms in total. The SMILES string of the molecule is CCCOc1ccc(-c2ncnc(N)c2CC)cc1. The topological polar surface area (TPSA) is 61.0 Å². The summed E-state index contributed by atoms with van der Waals surface area (Å²) in [5, 5.41) is 0. The second kappa shape index (κ2) is 6.18. The van der Waals surface area contributed by atoms with Crippen LogP contribution in [0.3, 0.4) is 0 Å². The van der Waals surface area contributed by atoms with Gasteiger partial charge in [0, 0.05) is 11.1 Å². The molecule has 0 aliphatic rings. The average molecular weight is 257 g/mol. The molecule has 19 heavy (non-hydrogen) atoms. The molecule has 2 rings (SSSR count). The van der Waals surface area contributed by atoms with Gasteiger partial charge in [0.15, 0.2) is 0 Å². The second-order valence-corrected chi connectivity index (χ2v) is 4.31. The molecule has 0 atom stereocenters. The molecule has 100 valence electrons. The largest absolute Gasteiger partial charge is 0.494 e. The number of hydrogen-bond donors (Lipinski definition) is 1. The normalized spacial score (nSPS) is 10.4. The lowest BCUT2D eigenvalue weighted by molar-refractivity contribution is 0.317. The summed E-state index contributed by atoms with van der Waals surface area (Å²) in [6.45, 7) is 4.88. The minimum Gasteiger partial charge on any atom is -0.494 e. The molecule has 0 bridgehead atoms. The van der Waals surface area contributed by atoms with Gasteiger partial charge in [0.2, 0.25) is 0 Å². The highest BCUT2D eigenvalue weighted by Crippen LogP contribution is 2.26. The van der Waals surface area contributed by atoms with E-state index in [1.54, 1.807) is 0 Å². The van der Waals surface area contributed by atoms with Crippen molar-refractivity contribution in [3.05, 3.63) is 36.2 Å². The highest BCUT2D eigenvalue weighted by molar-refractivity contribution is 5.67. The zero-order valence-corrected chi connectivity index (χ0v) is 11.4. The summed E-state index contributed by atoms with van der Waals surface area (Å²) in [5.74, 6) is 1.43. The lowest BCUT2D eigenvalue weighted by atomic mass is 10.0. The molecule has 2 aromatic rings. The first-order chi connectivity index (χ1) is 9.26. The maximum absolute atomic E-state index is 5.89. The molecule has 0 amide bonds. The third-order valence-corrected chi connectivity index (χ3v) is 2.93. The Hall–Kier alpha value is -2.10. The summed E-state index contributed by atoms with van der Waals surface area (Å²) in [7, 11) is 0. The minimum atomic E-state index is 0.554. The molecule has 1 heterocycles. The van der Waals surface area contributed by atoms with E-state index in [4.69, 9.17) is 10.5 Å². The number of aromatic nitrogens is 2. The summed E-state index contributed by atoms with van der Waals surface area (Å²) >= 11 is 0. The molecule has 0 aliphatic heterocycles. The van der Waals surface area contributed by atoms with Gasteiger partial charge in [0.25, 0.3) is 0 Å². The molecule has 4 heteroatoms. The first-order valence-corrected chi connectivity index (χ1v) is 6.58. The molecule has 0 saturated carbocycles. The fourth-order valence-corrected chi connectivity index (χ4v) is 1.95. The van der Waals surface area contributed by atoms with Gasteiger partial charge < -0.3 is 10.5 Å². The summed E-state index contributed by atoms with van der Waals surface area (Å²) in [4.78, 5) is 8.38. The Morgan fingerprint density at radius 2 is 1.84 bits per heavy atom. The fraction of sp³-hybridized carbons (Fsp3) is 0.333. The molecule has 1 aromatic heterocycles. The van der Waals surface area contributed by atoms with Crippen molar-refractivity contribution in [3.8, 4) is 17.0 Å². The maximum atomic E-state index is 5.89. The summed E-state index contributed by atoms with van der Waals surface area (Å²) < 4.78 is 5.57. The summed E-state index contributed by atoms with van der Waals surface area (Å²) in [5.41, 5.74) is 8.82. The highest BCUT2D eigenvalue weighted by Gasteiger charge is 2.09. The monoisotopic (exact) mass is 257 g/mol. The molecule has 0 aliphatic carbocycles. The lowest BCUT2D eigenvalue weighted by Crippen LogP contribution is -2.01. The van der Waals surface area contributed by atoms with E-state index in [0.29, 0.717) is 5.82 Å². The second-order valence-electron chi connectivity index (χ2n) is 4.31. The first kappa shape index (κ1) is 13.3. The number of anilines is 1. The van der Waals surface area contributed by atoms with Gasteiger partial charge in [-0.3, -0.25) is 0 Å². The van der Waals surface area contributed by atoms with Crippen molar-refractivity contribution in [1.82, 2.24) is 9.97 Å². The van der Waals surface area contributed by atoms with Crippen LogP contribution in [0.5, 0.6) is 5.75 Å². The number of hydrogen-bond acceptors (Lipinski definition) is 4. The van der Waals surface area contributed by atoms with Gasteiger partial charge in [0.1, 0.15) is 17.9 Å². The molecule has 0 fully saturated rings.